The van der Waals surface area contributed by atoms with E-state index in [0.717, 1.165) is 26.2 Å². The van der Waals surface area contributed by atoms with Crippen LogP contribution in [-0.4, -0.2) is 82.7 Å². The Balaban J connectivity index is 0.00000363. The van der Waals surface area contributed by atoms with Gasteiger partial charge in [0.1, 0.15) is 11.5 Å². The van der Waals surface area contributed by atoms with Crippen LogP contribution in [-0.2, 0) is 14.8 Å². The van der Waals surface area contributed by atoms with Crippen LogP contribution in [0.25, 0.3) is 0 Å². The molecule has 3 rings (SSSR count). The van der Waals surface area contributed by atoms with Gasteiger partial charge in [-0.25, -0.2) is 8.42 Å². The van der Waals surface area contributed by atoms with Crippen molar-refractivity contribution in [2.24, 2.45) is 0 Å². The Hall–Kier alpha value is -2.53. The monoisotopic (exact) mass is 484 g/mol. The molecule has 0 aliphatic carbocycles. The summed E-state index contributed by atoms with van der Waals surface area (Å²) in [7, 11) is 1.63. The summed E-state index contributed by atoms with van der Waals surface area (Å²) in [6.07, 6.45) is 0. The zero-order valence-electron chi connectivity index (χ0n) is 18.3. The van der Waals surface area contributed by atoms with Crippen LogP contribution in [0.15, 0.2) is 47.4 Å². The second-order valence-electron chi connectivity index (χ2n) is 8.06. The average Bonchev–Trinajstić information content (AvgIpc) is 2.73. The minimum atomic E-state index is -3.89. The van der Waals surface area contributed by atoms with E-state index in [-0.39, 0.29) is 46.1 Å². The highest BCUT2D eigenvalue weighted by atomic mass is 35.5. The van der Waals surface area contributed by atoms with Gasteiger partial charge < -0.3 is 32.1 Å². The van der Waals surface area contributed by atoms with Crippen molar-refractivity contribution in [2.45, 2.75) is 4.90 Å². The van der Waals surface area contributed by atoms with E-state index in [1.54, 1.807) is 18.2 Å². The smallest absolute Gasteiger partial charge is 0.279 e. The highest BCUT2D eigenvalue weighted by molar-refractivity contribution is 7.92. The summed E-state index contributed by atoms with van der Waals surface area (Å²) >= 11 is 0. The zero-order valence-corrected chi connectivity index (χ0v) is 19.9. The number of sulfonamides is 1. The Bertz CT molecular complexity index is 1040. The van der Waals surface area contributed by atoms with Crippen LogP contribution >= 0.6 is 0 Å². The number of benzene rings is 2. The number of phenols is 1. The molecule has 1 saturated heterocycles. The van der Waals surface area contributed by atoms with Crippen LogP contribution < -0.4 is 27.2 Å². The summed E-state index contributed by atoms with van der Waals surface area (Å²) < 4.78 is 33.4. The summed E-state index contributed by atoms with van der Waals surface area (Å²) in [4.78, 5) is 15.0. The van der Waals surface area contributed by atoms with Gasteiger partial charge in [-0.15, -0.1) is 0 Å². The third-order valence-electron chi connectivity index (χ3n) is 5.46. The second kappa shape index (κ2) is 10.4. The van der Waals surface area contributed by atoms with Crippen LogP contribution in [0.1, 0.15) is 0 Å². The van der Waals surface area contributed by atoms with E-state index in [2.05, 4.69) is 22.0 Å². The molecule has 0 unspecified atom stereocenters. The molecule has 32 heavy (non-hydrogen) atoms. The number of nitrogens with zero attached hydrogens (tertiary/aromatic N) is 2. The van der Waals surface area contributed by atoms with Gasteiger partial charge in [0.25, 0.3) is 15.9 Å². The van der Waals surface area contributed by atoms with Crippen molar-refractivity contribution < 1.29 is 39.9 Å². The number of hydrogen-bond donors (Lipinski definition) is 3. The topological polar surface area (TPSA) is 108 Å². The van der Waals surface area contributed by atoms with Crippen molar-refractivity contribution in [3.8, 4) is 11.5 Å². The zero-order chi connectivity index (χ0) is 22.6. The number of likely N-dealkylation sites (N-methyl/N-ethyl adjacent to an activating group) is 2. The molecule has 1 aliphatic rings. The number of piperazine rings is 1. The predicted octanol–water partition coefficient (Wildman–Crippen LogP) is -1.46. The molecular formula is C21H29ClN4O5S. The second-order valence-corrected chi connectivity index (χ2v) is 9.75. The lowest BCUT2D eigenvalue weighted by Crippen LogP contribution is -3.00. The average molecular weight is 485 g/mol. The standard InChI is InChI=1S/C21H28N4O5S.ClH/c1-24-9-11-25(2,12-10-24)15-21(27)22-18-13-19(26)17(14-20(18)30-3)23-31(28,29)16-7-5-4-6-8-16;/h4-8,13-14,23H,9-12,15H2,1-3H3,(H-,22,26,27);1H. The molecule has 9 nitrogen and oxygen atoms in total. The Kier molecular flexibility index (Phi) is 8.35. The first-order valence-corrected chi connectivity index (χ1v) is 11.4. The highest BCUT2D eigenvalue weighted by Crippen LogP contribution is 2.36. The summed E-state index contributed by atoms with van der Waals surface area (Å²) in [5, 5.41) is 13.2. The number of nitrogens with one attached hydrogen (secondary N) is 2. The Labute approximate surface area is 195 Å². The fraction of sp³-hybridized carbons (Fsp3) is 0.381. The predicted molar refractivity (Wildman–Crippen MR) is 119 cm³/mol. The summed E-state index contributed by atoms with van der Waals surface area (Å²) in [5.41, 5.74) is 0.227. The number of rotatable bonds is 7. The van der Waals surface area contributed by atoms with E-state index < -0.39 is 10.0 Å². The number of carbonyl (C=O) groups excluding carboxylic acids is 1. The van der Waals surface area contributed by atoms with E-state index in [1.807, 2.05) is 7.05 Å². The summed E-state index contributed by atoms with van der Waals surface area (Å²) in [6.45, 7) is 3.87. The third kappa shape index (κ3) is 6.26. The molecule has 0 saturated carbocycles. The molecule has 1 aliphatic heterocycles. The molecule has 0 atom stereocenters. The number of methoxy groups -OCH3 is 1. The fourth-order valence-electron chi connectivity index (χ4n) is 3.46. The number of carbonyl (C=O) groups is 1. The van der Waals surface area contributed by atoms with Gasteiger partial charge in [0.2, 0.25) is 0 Å². The summed E-state index contributed by atoms with van der Waals surface area (Å²) in [5.74, 6) is -0.295. The van der Waals surface area contributed by atoms with Crippen molar-refractivity contribution in [2.75, 3.05) is 64.0 Å². The number of hydrogen-bond acceptors (Lipinski definition) is 6. The summed E-state index contributed by atoms with van der Waals surface area (Å²) in [6, 6.07) is 10.5. The molecule has 1 heterocycles. The SMILES string of the molecule is COc1cc(NS(=O)(=O)c2ccccc2)c(O)cc1NC(=O)C[N+]1(C)CCN(C)CC1.[Cl-]. The molecule has 11 heteroatoms. The Morgan fingerprint density at radius 3 is 2.38 bits per heavy atom. The number of ether oxygens (including phenoxy) is 1. The van der Waals surface area contributed by atoms with Crippen LogP contribution in [0.2, 0.25) is 0 Å². The first-order chi connectivity index (χ1) is 14.6. The number of quaternary nitrogens is 1. The van der Waals surface area contributed by atoms with Gasteiger partial charge in [-0.1, -0.05) is 18.2 Å². The van der Waals surface area contributed by atoms with Gasteiger partial charge in [-0.05, 0) is 19.2 Å². The van der Waals surface area contributed by atoms with Crippen molar-refractivity contribution in [1.29, 1.82) is 0 Å². The van der Waals surface area contributed by atoms with Gasteiger partial charge >= 0.3 is 0 Å². The quantitative estimate of drug-likeness (QED) is 0.327. The third-order valence-corrected chi connectivity index (χ3v) is 6.84. The maximum absolute atomic E-state index is 12.7. The highest BCUT2D eigenvalue weighted by Gasteiger charge is 2.30. The first kappa shape index (κ1) is 25.7. The molecule has 0 spiro atoms. The molecule has 0 radical (unpaired) electrons. The molecule has 1 fully saturated rings. The number of aromatic hydroxyl groups is 1. The molecule has 0 bridgehead atoms. The fourth-order valence-corrected chi connectivity index (χ4v) is 4.55. The maximum Gasteiger partial charge on any atom is 0.279 e. The van der Waals surface area contributed by atoms with Gasteiger partial charge in [-0.2, -0.15) is 0 Å². The molecule has 2 aromatic carbocycles. The van der Waals surface area contributed by atoms with Crippen LogP contribution in [0.4, 0.5) is 11.4 Å². The van der Waals surface area contributed by atoms with E-state index in [1.165, 1.54) is 31.4 Å². The minimum absolute atomic E-state index is 0. The van der Waals surface area contributed by atoms with Gasteiger partial charge in [0.15, 0.2) is 6.54 Å². The molecule has 3 N–H and O–H groups in total. The van der Waals surface area contributed by atoms with Crippen molar-refractivity contribution in [3.05, 3.63) is 42.5 Å². The lowest BCUT2D eigenvalue weighted by atomic mass is 10.2. The lowest BCUT2D eigenvalue weighted by molar-refractivity contribution is -0.905. The molecule has 176 valence electrons. The minimum Gasteiger partial charge on any atom is -1.00 e. The van der Waals surface area contributed by atoms with Crippen molar-refractivity contribution in [1.82, 2.24) is 4.90 Å². The normalized spacial score (nSPS) is 16.0. The van der Waals surface area contributed by atoms with Gasteiger partial charge in [0.05, 0.1) is 43.5 Å². The van der Waals surface area contributed by atoms with E-state index in [4.69, 9.17) is 4.74 Å². The maximum atomic E-state index is 12.7. The number of amides is 1. The lowest BCUT2D eigenvalue weighted by Gasteiger charge is -2.40. The molecule has 0 aromatic heterocycles. The number of phenolic OH excluding ortho intramolecular Hbond substituents is 1. The van der Waals surface area contributed by atoms with Gasteiger partial charge in [0, 0.05) is 25.2 Å². The van der Waals surface area contributed by atoms with Crippen molar-refractivity contribution >= 4 is 27.3 Å². The first-order valence-electron chi connectivity index (χ1n) is 9.93. The van der Waals surface area contributed by atoms with E-state index in [9.17, 15) is 18.3 Å². The Morgan fingerprint density at radius 1 is 1.16 bits per heavy atom. The molecule has 1 amide bonds. The molecule has 2 aromatic rings. The van der Waals surface area contributed by atoms with Crippen LogP contribution in [0.3, 0.4) is 0 Å². The molecular weight excluding hydrogens is 456 g/mol. The van der Waals surface area contributed by atoms with E-state index in [0.29, 0.717) is 11.0 Å². The van der Waals surface area contributed by atoms with Crippen LogP contribution in [0, 0.1) is 0 Å². The van der Waals surface area contributed by atoms with Crippen molar-refractivity contribution in [3.63, 3.8) is 0 Å². The van der Waals surface area contributed by atoms with Crippen LogP contribution in [0.5, 0.6) is 11.5 Å². The van der Waals surface area contributed by atoms with E-state index >= 15 is 0 Å². The number of halogens is 1. The largest absolute Gasteiger partial charge is 1.00 e. The Morgan fingerprint density at radius 2 is 1.78 bits per heavy atom. The van der Waals surface area contributed by atoms with Gasteiger partial charge in [-0.3, -0.25) is 14.4 Å². The number of anilines is 2.